The third kappa shape index (κ3) is 5.10. The van der Waals surface area contributed by atoms with Gasteiger partial charge in [-0.1, -0.05) is 11.6 Å². The highest BCUT2D eigenvalue weighted by Crippen LogP contribution is 2.28. The predicted octanol–water partition coefficient (Wildman–Crippen LogP) is 2.72. The summed E-state index contributed by atoms with van der Waals surface area (Å²) in [6.45, 7) is 0.916. The number of sulfonamides is 1. The van der Waals surface area contributed by atoms with E-state index in [0.717, 1.165) is 0 Å². The van der Waals surface area contributed by atoms with E-state index in [1.165, 1.54) is 39.4 Å². The SMILES string of the molecule is N#Cc1ccc(S(=O)(=O)N2CCC(n3ncc(NC[C@@]4(F)CCCOC4)c(Cl)c3=O)CC2)cc1. The number of alkyl halides is 1. The second-order valence-electron chi connectivity index (χ2n) is 8.55. The summed E-state index contributed by atoms with van der Waals surface area (Å²) in [5, 5.41) is 15.9. The number of anilines is 1. The van der Waals surface area contributed by atoms with Gasteiger partial charge in [-0.2, -0.15) is 14.7 Å². The van der Waals surface area contributed by atoms with Crippen molar-refractivity contribution in [2.75, 3.05) is 38.2 Å². The predicted molar refractivity (Wildman–Crippen MR) is 124 cm³/mol. The Bertz CT molecular complexity index is 1230. The van der Waals surface area contributed by atoms with Crippen LogP contribution in [-0.2, 0) is 14.8 Å². The minimum absolute atomic E-state index is 0.00787. The fraction of sp³-hybridized carbons (Fsp3) is 0.500. The largest absolute Gasteiger partial charge is 0.379 e. The Morgan fingerprint density at radius 2 is 2.00 bits per heavy atom. The lowest BCUT2D eigenvalue weighted by Gasteiger charge is -2.32. The van der Waals surface area contributed by atoms with Crippen molar-refractivity contribution in [3.05, 3.63) is 51.4 Å². The van der Waals surface area contributed by atoms with E-state index >= 15 is 0 Å². The number of nitriles is 1. The van der Waals surface area contributed by atoms with Gasteiger partial charge in [0, 0.05) is 19.7 Å². The Hall–Kier alpha value is -2.52. The molecule has 2 aliphatic rings. The van der Waals surface area contributed by atoms with E-state index in [9.17, 15) is 17.6 Å². The van der Waals surface area contributed by atoms with E-state index in [2.05, 4.69) is 10.4 Å². The molecule has 0 radical (unpaired) electrons. The lowest BCUT2D eigenvalue weighted by molar-refractivity contribution is -0.0234. The minimum Gasteiger partial charge on any atom is -0.379 e. The van der Waals surface area contributed by atoms with Crippen LogP contribution in [0.2, 0.25) is 5.02 Å². The van der Waals surface area contributed by atoms with Gasteiger partial charge >= 0.3 is 0 Å². The molecule has 2 fully saturated rings. The molecule has 1 N–H and O–H groups in total. The molecule has 2 saturated heterocycles. The Morgan fingerprint density at radius 3 is 2.62 bits per heavy atom. The summed E-state index contributed by atoms with van der Waals surface area (Å²) in [5.74, 6) is 0. The van der Waals surface area contributed by atoms with Crippen LogP contribution >= 0.6 is 11.6 Å². The monoisotopic (exact) mass is 509 g/mol. The van der Waals surface area contributed by atoms with Gasteiger partial charge in [0.15, 0.2) is 5.67 Å². The molecule has 1 aromatic heterocycles. The van der Waals surface area contributed by atoms with E-state index in [1.54, 1.807) is 0 Å². The molecule has 1 atom stereocenters. The summed E-state index contributed by atoms with van der Waals surface area (Å²) in [6, 6.07) is 7.41. The van der Waals surface area contributed by atoms with Gasteiger partial charge in [-0.15, -0.1) is 0 Å². The molecule has 2 aromatic rings. The molecule has 2 aliphatic heterocycles. The molecular weight excluding hydrogens is 485 g/mol. The van der Waals surface area contributed by atoms with Crippen LogP contribution in [0.1, 0.15) is 37.3 Å². The number of piperidine rings is 1. The summed E-state index contributed by atoms with van der Waals surface area (Å²) >= 11 is 6.27. The zero-order valence-corrected chi connectivity index (χ0v) is 20.0. The summed E-state index contributed by atoms with van der Waals surface area (Å²) in [6.07, 6.45) is 3.17. The lowest BCUT2D eigenvalue weighted by atomic mass is 9.99. The number of ether oxygens (including phenoxy) is 1. The van der Waals surface area contributed by atoms with Gasteiger partial charge < -0.3 is 10.1 Å². The van der Waals surface area contributed by atoms with Crippen LogP contribution in [0, 0.1) is 11.3 Å². The van der Waals surface area contributed by atoms with Crippen LogP contribution < -0.4 is 10.9 Å². The van der Waals surface area contributed by atoms with Gasteiger partial charge in [-0.25, -0.2) is 17.5 Å². The second kappa shape index (κ2) is 10.00. The Balaban J connectivity index is 1.41. The molecular formula is C22H25ClFN5O4S. The Morgan fingerprint density at radius 1 is 1.29 bits per heavy atom. The molecule has 3 heterocycles. The number of nitrogens with zero attached hydrogens (tertiary/aromatic N) is 4. The van der Waals surface area contributed by atoms with E-state index in [1.807, 2.05) is 6.07 Å². The van der Waals surface area contributed by atoms with Gasteiger partial charge in [0.2, 0.25) is 10.0 Å². The summed E-state index contributed by atoms with van der Waals surface area (Å²) < 4.78 is 48.4. The highest BCUT2D eigenvalue weighted by molar-refractivity contribution is 7.89. The first-order valence-corrected chi connectivity index (χ1v) is 12.8. The number of rotatable bonds is 6. The molecule has 0 amide bonds. The number of nitrogens with one attached hydrogen (secondary N) is 1. The Labute approximate surface area is 202 Å². The highest BCUT2D eigenvalue weighted by atomic mass is 35.5. The average Bonchev–Trinajstić information content (AvgIpc) is 2.85. The first kappa shape index (κ1) is 24.6. The molecule has 182 valence electrons. The zero-order valence-electron chi connectivity index (χ0n) is 18.4. The molecule has 12 heteroatoms. The van der Waals surface area contributed by atoms with Gasteiger partial charge in [0.25, 0.3) is 5.56 Å². The zero-order chi connectivity index (χ0) is 24.3. The number of aromatic nitrogens is 2. The smallest absolute Gasteiger partial charge is 0.287 e. The third-order valence-electron chi connectivity index (χ3n) is 6.20. The fourth-order valence-corrected chi connectivity index (χ4v) is 5.89. The van der Waals surface area contributed by atoms with Crippen molar-refractivity contribution in [3.63, 3.8) is 0 Å². The van der Waals surface area contributed by atoms with Crippen molar-refractivity contribution in [1.82, 2.24) is 14.1 Å². The standard InChI is InChI=1S/C22H25ClFN5O4S/c23-20-19(26-14-22(24)8-1-11-33-15-22)13-27-29(21(20)30)17-6-9-28(10-7-17)34(31,32)18-4-2-16(12-25)3-5-18/h2-5,13,17,26H,1,6-11,14-15H2/t22-/m0/s1. The Kier molecular flexibility index (Phi) is 7.23. The van der Waals surface area contributed by atoms with Crippen LogP contribution in [0.4, 0.5) is 10.1 Å². The van der Waals surface area contributed by atoms with Crippen molar-refractivity contribution in [2.45, 2.75) is 42.3 Å². The first-order valence-electron chi connectivity index (χ1n) is 11.0. The molecule has 0 aliphatic carbocycles. The quantitative estimate of drug-likeness (QED) is 0.636. The number of halogens is 2. The molecule has 0 unspecified atom stereocenters. The molecule has 9 nitrogen and oxygen atoms in total. The van der Waals surface area contributed by atoms with E-state index in [0.29, 0.717) is 37.9 Å². The molecule has 0 saturated carbocycles. The first-order chi connectivity index (χ1) is 16.2. The number of hydrogen-bond donors (Lipinski definition) is 1. The second-order valence-corrected chi connectivity index (χ2v) is 10.9. The molecule has 1 aromatic carbocycles. The molecule has 0 spiro atoms. The van der Waals surface area contributed by atoms with Crippen LogP contribution in [0.5, 0.6) is 0 Å². The molecule has 4 rings (SSSR count). The van der Waals surface area contributed by atoms with Gasteiger partial charge in [0.05, 0.1) is 47.6 Å². The highest BCUT2D eigenvalue weighted by Gasteiger charge is 2.34. The maximum absolute atomic E-state index is 14.8. The summed E-state index contributed by atoms with van der Waals surface area (Å²) in [5.41, 5.74) is -1.39. The minimum atomic E-state index is -3.71. The lowest BCUT2D eigenvalue weighted by Crippen LogP contribution is -2.42. The summed E-state index contributed by atoms with van der Waals surface area (Å²) in [4.78, 5) is 13.0. The van der Waals surface area contributed by atoms with Gasteiger partial charge in [-0.05, 0) is 49.9 Å². The van der Waals surface area contributed by atoms with Gasteiger partial charge in [0.1, 0.15) is 5.02 Å². The van der Waals surface area contributed by atoms with Crippen molar-refractivity contribution in [3.8, 4) is 6.07 Å². The van der Waals surface area contributed by atoms with Crippen molar-refractivity contribution < 1.29 is 17.5 Å². The maximum Gasteiger partial charge on any atom is 0.287 e. The van der Waals surface area contributed by atoms with Crippen LogP contribution in [-0.4, -0.2) is 61.0 Å². The van der Waals surface area contributed by atoms with Crippen molar-refractivity contribution in [2.24, 2.45) is 0 Å². The molecule has 0 bridgehead atoms. The average molecular weight is 510 g/mol. The van der Waals surface area contributed by atoms with Crippen LogP contribution in [0.15, 0.2) is 40.2 Å². The fourth-order valence-electron chi connectivity index (χ4n) is 4.22. The topological polar surface area (TPSA) is 117 Å². The number of hydrogen-bond acceptors (Lipinski definition) is 7. The normalized spacial score (nSPS) is 22.3. The maximum atomic E-state index is 14.8. The van der Waals surface area contributed by atoms with E-state index in [-0.39, 0.29) is 47.9 Å². The summed E-state index contributed by atoms with van der Waals surface area (Å²) in [7, 11) is -3.71. The third-order valence-corrected chi connectivity index (χ3v) is 8.48. The van der Waals surface area contributed by atoms with E-state index < -0.39 is 21.3 Å². The van der Waals surface area contributed by atoms with Crippen LogP contribution in [0.25, 0.3) is 0 Å². The number of benzene rings is 1. The molecule has 34 heavy (non-hydrogen) atoms. The van der Waals surface area contributed by atoms with Gasteiger partial charge in [-0.3, -0.25) is 4.79 Å². The van der Waals surface area contributed by atoms with E-state index in [4.69, 9.17) is 21.6 Å². The van der Waals surface area contributed by atoms with Crippen molar-refractivity contribution >= 4 is 27.3 Å². The van der Waals surface area contributed by atoms with Crippen LogP contribution in [0.3, 0.4) is 0 Å². The van der Waals surface area contributed by atoms with Crippen molar-refractivity contribution in [1.29, 1.82) is 5.26 Å².